The van der Waals surface area contributed by atoms with E-state index in [-0.39, 0.29) is 11.9 Å². The largest absolute Gasteiger partial charge is 0.378 e. The van der Waals surface area contributed by atoms with E-state index in [4.69, 9.17) is 16.3 Å². The van der Waals surface area contributed by atoms with Gasteiger partial charge in [0.05, 0.1) is 42.0 Å². The van der Waals surface area contributed by atoms with E-state index < -0.39 is 0 Å². The number of rotatable bonds is 4. The number of nitrogens with zero attached hydrogens (tertiary/aromatic N) is 6. The van der Waals surface area contributed by atoms with Crippen molar-refractivity contribution in [3.63, 3.8) is 0 Å². The van der Waals surface area contributed by atoms with E-state index in [1.807, 2.05) is 11.0 Å². The van der Waals surface area contributed by atoms with Gasteiger partial charge in [-0.3, -0.25) is 9.69 Å². The first kappa shape index (κ1) is 23.1. The van der Waals surface area contributed by atoms with Crippen LogP contribution in [0.5, 0.6) is 0 Å². The lowest BCUT2D eigenvalue weighted by atomic mass is 10.0. The quantitative estimate of drug-likeness (QED) is 0.660. The molecule has 0 bridgehead atoms. The predicted octanol–water partition coefficient (Wildman–Crippen LogP) is 2.39. The predicted molar refractivity (Wildman–Crippen MR) is 130 cm³/mol. The average Bonchev–Trinajstić information content (AvgIpc) is 3.55. The van der Waals surface area contributed by atoms with Crippen molar-refractivity contribution >= 4 is 34.9 Å². The molecule has 0 spiro atoms. The zero-order chi connectivity index (χ0) is 23.8. The Labute approximate surface area is 204 Å². The van der Waals surface area contributed by atoms with Gasteiger partial charge in [-0.2, -0.15) is 9.78 Å². The van der Waals surface area contributed by atoms with Crippen LogP contribution in [0.2, 0.25) is 5.02 Å². The molecule has 2 aromatic rings. The van der Waals surface area contributed by atoms with Crippen LogP contribution in [0, 0.1) is 11.8 Å². The van der Waals surface area contributed by atoms with E-state index in [1.165, 1.54) is 22.1 Å². The van der Waals surface area contributed by atoms with Crippen LogP contribution < -0.4 is 9.80 Å². The molecule has 2 amide bonds. The van der Waals surface area contributed by atoms with Crippen LogP contribution in [0.25, 0.3) is 0 Å². The van der Waals surface area contributed by atoms with Crippen molar-refractivity contribution in [2.45, 2.75) is 13.5 Å². The van der Waals surface area contributed by atoms with Crippen LogP contribution in [0.4, 0.5) is 16.2 Å². The molecule has 0 radical (unpaired) electrons. The smallest absolute Gasteiger partial charge is 0.344 e. The van der Waals surface area contributed by atoms with Gasteiger partial charge in [0.15, 0.2) is 0 Å². The molecule has 182 valence electrons. The van der Waals surface area contributed by atoms with Crippen LogP contribution in [-0.2, 0) is 16.1 Å². The summed E-state index contributed by atoms with van der Waals surface area (Å²) in [5.74, 6) is 0.829. The Morgan fingerprint density at radius 2 is 1.85 bits per heavy atom. The fourth-order valence-corrected chi connectivity index (χ4v) is 5.49. The Bertz CT molecular complexity index is 1050. The van der Waals surface area contributed by atoms with Crippen molar-refractivity contribution in [2.75, 3.05) is 69.3 Å². The molecule has 10 heteroatoms. The molecule has 3 aliphatic rings. The van der Waals surface area contributed by atoms with E-state index in [0.717, 1.165) is 69.7 Å². The highest BCUT2D eigenvalue weighted by Crippen LogP contribution is 2.34. The van der Waals surface area contributed by atoms with Gasteiger partial charge in [-0.1, -0.05) is 17.7 Å². The molecule has 1 aromatic carbocycles. The van der Waals surface area contributed by atoms with E-state index >= 15 is 0 Å². The van der Waals surface area contributed by atoms with Gasteiger partial charge < -0.3 is 19.4 Å². The Morgan fingerprint density at radius 3 is 2.53 bits per heavy atom. The third-order valence-corrected chi connectivity index (χ3v) is 7.55. The van der Waals surface area contributed by atoms with Crippen molar-refractivity contribution in [3.8, 4) is 0 Å². The maximum Gasteiger partial charge on any atom is 0.344 e. The number of likely N-dealkylation sites (tertiary alicyclic amines) is 2. The average molecular weight is 487 g/mol. The van der Waals surface area contributed by atoms with Crippen molar-refractivity contribution in [3.05, 3.63) is 41.2 Å². The number of aromatic nitrogens is 2. The topological polar surface area (TPSA) is 74.2 Å². The zero-order valence-electron chi connectivity index (χ0n) is 19.7. The Kier molecular flexibility index (Phi) is 6.50. The molecule has 0 saturated carbocycles. The van der Waals surface area contributed by atoms with Crippen LogP contribution in [0.1, 0.15) is 12.5 Å². The van der Waals surface area contributed by atoms with Gasteiger partial charge in [0.25, 0.3) is 0 Å². The van der Waals surface area contributed by atoms with Gasteiger partial charge in [0.1, 0.15) is 0 Å². The minimum absolute atomic E-state index is 0.0967. The van der Waals surface area contributed by atoms with E-state index in [9.17, 15) is 9.59 Å². The normalized spacial score (nSPS) is 22.8. The summed E-state index contributed by atoms with van der Waals surface area (Å²) in [6, 6.07) is 6.20. The van der Waals surface area contributed by atoms with Crippen molar-refractivity contribution in [1.29, 1.82) is 0 Å². The summed E-state index contributed by atoms with van der Waals surface area (Å²) in [6.45, 7) is 8.98. The summed E-state index contributed by atoms with van der Waals surface area (Å²) >= 11 is 6.49. The number of benzene rings is 1. The summed E-state index contributed by atoms with van der Waals surface area (Å²) in [4.78, 5) is 32.7. The van der Waals surface area contributed by atoms with Crippen LogP contribution >= 0.6 is 11.6 Å². The lowest BCUT2D eigenvalue weighted by Gasteiger charge is -2.30. The third kappa shape index (κ3) is 4.64. The number of carbonyl (C=O) groups is 2. The lowest BCUT2D eigenvalue weighted by Crippen LogP contribution is -2.36. The van der Waals surface area contributed by atoms with Gasteiger partial charge in [0, 0.05) is 59.8 Å². The van der Waals surface area contributed by atoms with Gasteiger partial charge in [-0.15, -0.1) is 0 Å². The van der Waals surface area contributed by atoms with E-state index in [1.54, 1.807) is 19.4 Å². The van der Waals surface area contributed by atoms with Gasteiger partial charge >= 0.3 is 6.03 Å². The number of ether oxygens (including phenoxy) is 1. The van der Waals surface area contributed by atoms with Crippen LogP contribution in [0.15, 0.2) is 30.6 Å². The van der Waals surface area contributed by atoms with Crippen molar-refractivity contribution in [1.82, 2.24) is 19.6 Å². The van der Waals surface area contributed by atoms with Crippen LogP contribution in [-0.4, -0.2) is 91.0 Å². The number of hydrogen-bond acceptors (Lipinski definition) is 6. The van der Waals surface area contributed by atoms with E-state index in [2.05, 4.69) is 27.0 Å². The lowest BCUT2D eigenvalue weighted by molar-refractivity contribution is -0.116. The molecule has 3 fully saturated rings. The molecular formula is C24H31ClN6O3. The second kappa shape index (κ2) is 9.56. The second-order valence-electron chi connectivity index (χ2n) is 9.51. The molecule has 9 nitrogen and oxygen atoms in total. The molecule has 1 aromatic heterocycles. The minimum Gasteiger partial charge on any atom is -0.378 e. The molecule has 4 heterocycles. The van der Waals surface area contributed by atoms with Gasteiger partial charge in [-0.25, -0.2) is 4.79 Å². The van der Waals surface area contributed by atoms with Gasteiger partial charge in [0.2, 0.25) is 5.91 Å². The van der Waals surface area contributed by atoms with E-state index in [0.29, 0.717) is 17.5 Å². The summed E-state index contributed by atoms with van der Waals surface area (Å²) in [5, 5.41) is 4.97. The van der Waals surface area contributed by atoms with Crippen molar-refractivity contribution in [2.24, 2.45) is 11.8 Å². The first-order chi connectivity index (χ1) is 16.4. The van der Waals surface area contributed by atoms with Gasteiger partial charge in [-0.05, 0) is 29.5 Å². The SMILES string of the molecule is CC(=O)N(C)c1cnn(C(=O)N2CC3CN(Cc4ccc(Cl)c(N5CCOCC5)c4)CC3C2)c1. The third-order valence-electron chi connectivity index (χ3n) is 7.23. The minimum atomic E-state index is -0.128. The standard InChI is InChI=1S/C24H31ClN6O3/c1-17(32)27(2)21-10-26-31(16-21)24(33)30-14-19-12-28(13-20(19)15-30)11-18-3-4-22(25)23(9-18)29-5-7-34-8-6-29/h3-4,9-10,16,19-20H,5-8,11-15H2,1-2H3. The maximum absolute atomic E-state index is 13.0. The monoisotopic (exact) mass is 486 g/mol. The Balaban J connectivity index is 1.18. The number of morpholine rings is 1. The summed E-state index contributed by atoms with van der Waals surface area (Å²) in [7, 11) is 1.67. The van der Waals surface area contributed by atoms with Crippen LogP contribution in [0.3, 0.4) is 0 Å². The number of hydrogen-bond donors (Lipinski definition) is 0. The summed E-state index contributed by atoms with van der Waals surface area (Å²) < 4.78 is 6.82. The second-order valence-corrected chi connectivity index (χ2v) is 9.92. The highest BCUT2D eigenvalue weighted by molar-refractivity contribution is 6.33. The fourth-order valence-electron chi connectivity index (χ4n) is 5.25. The number of fused-ring (bicyclic) bond motifs is 1. The molecule has 2 atom stereocenters. The molecule has 0 aliphatic carbocycles. The molecule has 2 unspecified atom stereocenters. The fraction of sp³-hybridized carbons (Fsp3) is 0.542. The summed E-state index contributed by atoms with van der Waals surface area (Å²) in [5.41, 5.74) is 2.97. The zero-order valence-corrected chi connectivity index (χ0v) is 20.4. The molecule has 3 aliphatic heterocycles. The van der Waals surface area contributed by atoms with Crippen molar-refractivity contribution < 1.29 is 14.3 Å². The molecule has 0 N–H and O–H groups in total. The first-order valence-electron chi connectivity index (χ1n) is 11.8. The highest BCUT2D eigenvalue weighted by atomic mass is 35.5. The Hall–Kier alpha value is -2.62. The molecular weight excluding hydrogens is 456 g/mol. The maximum atomic E-state index is 13.0. The molecule has 5 rings (SSSR count). The number of anilines is 2. The molecule has 3 saturated heterocycles. The highest BCUT2D eigenvalue weighted by Gasteiger charge is 2.42. The Morgan fingerprint density at radius 1 is 1.15 bits per heavy atom. The first-order valence-corrected chi connectivity index (χ1v) is 12.2. The number of carbonyl (C=O) groups excluding carboxylic acids is 2. The number of halogens is 1. The summed E-state index contributed by atoms with van der Waals surface area (Å²) in [6.07, 6.45) is 3.17. The number of amides is 2. The molecule has 34 heavy (non-hydrogen) atoms.